The normalized spacial score (nSPS) is 10.4. The molecule has 0 atom stereocenters. The van der Waals surface area contributed by atoms with Crippen molar-refractivity contribution in [2.45, 2.75) is 20.4 Å². The maximum absolute atomic E-state index is 6.14. The van der Waals surface area contributed by atoms with Gasteiger partial charge in [-0.1, -0.05) is 35.3 Å². The third kappa shape index (κ3) is 3.18. The van der Waals surface area contributed by atoms with Crippen molar-refractivity contribution in [3.8, 4) is 0 Å². The Morgan fingerprint density at radius 2 is 1.78 bits per heavy atom. The summed E-state index contributed by atoms with van der Waals surface area (Å²) in [7, 11) is 0. The molecule has 1 N–H and O–H groups in total. The van der Waals surface area contributed by atoms with Crippen LogP contribution in [0, 0.1) is 13.8 Å². The minimum atomic E-state index is 0.742. The van der Waals surface area contributed by atoms with Gasteiger partial charge in [0.1, 0.15) is 0 Å². The Kier molecular flexibility index (Phi) is 4.15. The number of aryl methyl sites for hydroxylation is 2. The van der Waals surface area contributed by atoms with Crippen LogP contribution in [0.3, 0.4) is 0 Å². The van der Waals surface area contributed by atoms with E-state index in [1.165, 1.54) is 16.7 Å². The number of hydrogen-bond donors (Lipinski definition) is 1. The van der Waals surface area contributed by atoms with Gasteiger partial charge in [0, 0.05) is 11.6 Å². The summed E-state index contributed by atoms with van der Waals surface area (Å²) < 4.78 is 0. The van der Waals surface area contributed by atoms with Crippen molar-refractivity contribution in [3.63, 3.8) is 0 Å². The van der Waals surface area contributed by atoms with Crippen LogP contribution in [0.5, 0.6) is 0 Å². The van der Waals surface area contributed by atoms with Crippen LogP contribution < -0.4 is 5.32 Å². The highest BCUT2D eigenvalue weighted by atomic mass is 35.5. The highest BCUT2D eigenvalue weighted by Gasteiger charge is 2.02. The highest BCUT2D eigenvalue weighted by molar-refractivity contribution is 6.33. The molecule has 94 valence electrons. The highest BCUT2D eigenvalue weighted by Crippen LogP contribution is 2.24. The Hall–Kier alpha value is -1.18. The molecule has 0 heterocycles. The van der Waals surface area contributed by atoms with E-state index in [1.54, 1.807) is 0 Å². The van der Waals surface area contributed by atoms with Gasteiger partial charge in [0.25, 0.3) is 0 Å². The molecule has 0 radical (unpaired) electrons. The van der Waals surface area contributed by atoms with E-state index in [-0.39, 0.29) is 0 Å². The van der Waals surface area contributed by atoms with Crippen molar-refractivity contribution in [3.05, 3.63) is 63.1 Å². The predicted octanol–water partition coefficient (Wildman–Crippen LogP) is 5.22. The Bertz CT molecular complexity index is 564. The first-order valence-corrected chi connectivity index (χ1v) is 6.57. The van der Waals surface area contributed by atoms with Crippen LogP contribution in [0.15, 0.2) is 36.4 Å². The second kappa shape index (κ2) is 5.64. The van der Waals surface area contributed by atoms with Crippen LogP contribution in [0.1, 0.15) is 16.7 Å². The van der Waals surface area contributed by atoms with Crippen LogP contribution in [0.4, 0.5) is 5.69 Å². The predicted molar refractivity (Wildman–Crippen MR) is 79.7 cm³/mol. The lowest BCUT2D eigenvalue weighted by Crippen LogP contribution is -2.02. The Balaban J connectivity index is 2.13. The molecule has 0 aliphatic rings. The molecule has 2 rings (SSSR count). The van der Waals surface area contributed by atoms with Gasteiger partial charge in [0.05, 0.1) is 10.7 Å². The average Bonchev–Trinajstić information content (AvgIpc) is 2.32. The van der Waals surface area contributed by atoms with E-state index >= 15 is 0 Å². The van der Waals surface area contributed by atoms with Crippen LogP contribution in [0.25, 0.3) is 0 Å². The fourth-order valence-electron chi connectivity index (χ4n) is 1.82. The minimum absolute atomic E-state index is 0.742. The molecule has 0 aliphatic heterocycles. The van der Waals surface area contributed by atoms with Gasteiger partial charge in [-0.15, -0.1) is 0 Å². The molecule has 0 aromatic heterocycles. The first kappa shape index (κ1) is 13.3. The number of nitrogens with one attached hydrogen (secondary N) is 1. The number of rotatable bonds is 3. The van der Waals surface area contributed by atoms with Crippen LogP contribution in [0.2, 0.25) is 10.0 Å². The fourth-order valence-corrected chi connectivity index (χ4v) is 2.23. The van der Waals surface area contributed by atoms with E-state index in [9.17, 15) is 0 Å². The molecule has 2 aromatic rings. The molecule has 0 unspecified atom stereocenters. The van der Waals surface area contributed by atoms with E-state index in [1.807, 2.05) is 36.4 Å². The van der Waals surface area contributed by atoms with Gasteiger partial charge in [0.2, 0.25) is 0 Å². The number of anilines is 1. The number of halogens is 2. The summed E-state index contributed by atoms with van der Waals surface area (Å²) in [5.41, 5.74) is 4.55. The molecular weight excluding hydrogens is 265 g/mol. The van der Waals surface area contributed by atoms with Crippen molar-refractivity contribution in [2.24, 2.45) is 0 Å². The van der Waals surface area contributed by atoms with Crippen molar-refractivity contribution < 1.29 is 0 Å². The summed E-state index contributed by atoms with van der Waals surface area (Å²) >= 11 is 12.1. The number of benzene rings is 2. The van der Waals surface area contributed by atoms with Crippen molar-refractivity contribution in [1.29, 1.82) is 0 Å². The molecule has 0 saturated carbocycles. The lowest BCUT2D eigenvalue weighted by Gasteiger charge is -2.11. The maximum Gasteiger partial charge on any atom is 0.0637 e. The Labute approximate surface area is 118 Å². The fraction of sp³-hybridized carbons (Fsp3) is 0.200. The molecule has 18 heavy (non-hydrogen) atoms. The van der Waals surface area contributed by atoms with Gasteiger partial charge in [-0.3, -0.25) is 0 Å². The summed E-state index contributed by atoms with van der Waals surface area (Å²) in [6.45, 7) is 4.85. The standard InChI is InChI=1S/C15H15Cl2N/c1-10-3-6-14(17)15(7-10)18-9-12-4-5-13(16)8-11(12)2/h3-8,18H,9H2,1-2H3. The quantitative estimate of drug-likeness (QED) is 0.812. The zero-order chi connectivity index (χ0) is 13.1. The molecule has 1 nitrogen and oxygen atoms in total. The van der Waals surface area contributed by atoms with E-state index < -0.39 is 0 Å². The molecule has 0 spiro atoms. The molecule has 3 heteroatoms. The van der Waals surface area contributed by atoms with Gasteiger partial charge in [-0.25, -0.2) is 0 Å². The lowest BCUT2D eigenvalue weighted by molar-refractivity contribution is 1.12. The molecule has 0 aliphatic carbocycles. The Morgan fingerprint density at radius 3 is 2.50 bits per heavy atom. The van der Waals surface area contributed by atoms with E-state index in [0.717, 1.165) is 22.3 Å². The minimum Gasteiger partial charge on any atom is -0.380 e. The third-order valence-corrected chi connectivity index (χ3v) is 3.46. The summed E-state index contributed by atoms with van der Waals surface area (Å²) in [4.78, 5) is 0. The first-order chi connectivity index (χ1) is 8.56. The molecule has 0 bridgehead atoms. The largest absolute Gasteiger partial charge is 0.380 e. The second-order valence-corrected chi connectivity index (χ2v) is 5.25. The summed E-state index contributed by atoms with van der Waals surface area (Å²) in [5.74, 6) is 0. The summed E-state index contributed by atoms with van der Waals surface area (Å²) in [6.07, 6.45) is 0. The van der Waals surface area contributed by atoms with Crippen LogP contribution in [-0.2, 0) is 6.54 Å². The monoisotopic (exact) mass is 279 g/mol. The third-order valence-electron chi connectivity index (χ3n) is 2.90. The zero-order valence-corrected chi connectivity index (χ0v) is 11.9. The second-order valence-electron chi connectivity index (χ2n) is 4.41. The van der Waals surface area contributed by atoms with Gasteiger partial charge in [-0.05, 0) is 54.8 Å². The topological polar surface area (TPSA) is 12.0 Å². The van der Waals surface area contributed by atoms with Crippen molar-refractivity contribution >= 4 is 28.9 Å². The molecule has 0 amide bonds. The molecule has 0 fully saturated rings. The van der Waals surface area contributed by atoms with E-state index in [4.69, 9.17) is 23.2 Å². The SMILES string of the molecule is Cc1ccc(Cl)c(NCc2ccc(Cl)cc2C)c1. The van der Waals surface area contributed by atoms with Crippen molar-refractivity contribution in [1.82, 2.24) is 0 Å². The first-order valence-electron chi connectivity index (χ1n) is 5.81. The lowest BCUT2D eigenvalue weighted by atomic mass is 10.1. The Morgan fingerprint density at radius 1 is 1.00 bits per heavy atom. The van der Waals surface area contributed by atoms with Crippen LogP contribution in [-0.4, -0.2) is 0 Å². The van der Waals surface area contributed by atoms with E-state index in [2.05, 4.69) is 19.2 Å². The van der Waals surface area contributed by atoms with Gasteiger partial charge < -0.3 is 5.32 Å². The molecular formula is C15H15Cl2N. The van der Waals surface area contributed by atoms with Gasteiger partial charge >= 0.3 is 0 Å². The van der Waals surface area contributed by atoms with Gasteiger partial charge in [0.15, 0.2) is 0 Å². The molecule has 0 saturated heterocycles. The van der Waals surface area contributed by atoms with Crippen LogP contribution >= 0.6 is 23.2 Å². The average molecular weight is 280 g/mol. The van der Waals surface area contributed by atoms with E-state index in [0.29, 0.717) is 0 Å². The number of hydrogen-bond acceptors (Lipinski definition) is 1. The smallest absolute Gasteiger partial charge is 0.0637 e. The summed E-state index contributed by atoms with van der Waals surface area (Å²) in [5, 5.41) is 4.87. The maximum atomic E-state index is 6.14. The molecule has 2 aromatic carbocycles. The zero-order valence-electron chi connectivity index (χ0n) is 10.4. The van der Waals surface area contributed by atoms with Crippen molar-refractivity contribution in [2.75, 3.05) is 5.32 Å². The summed E-state index contributed by atoms with van der Waals surface area (Å²) in [6, 6.07) is 11.9. The van der Waals surface area contributed by atoms with Gasteiger partial charge in [-0.2, -0.15) is 0 Å².